The van der Waals surface area contributed by atoms with E-state index in [0.29, 0.717) is 5.69 Å². The first-order valence-corrected chi connectivity index (χ1v) is 14.1. The van der Waals surface area contributed by atoms with Crippen LogP contribution in [0.3, 0.4) is 0 Å². The summed E-state index contributed by atoms with van der Waals surface area (Å²) in [6, 6.07) is 7.47. The van der Waals surface area contributed by atoms with Gasteiger partial charge in [-0.3, -0.25) is 4.79 Å². The topological polar surface area (TPSA) is 53.4 Å². The fourth-order valence-electron chi connectivity index (χ4n) is 3.06. The molecule has 0 aliphatic heterocycles. The van der Waals surface area contributed by atoms with Crippen molar-refractivity contribution in [3.63, 3.8) is 0 Å². The number of hydrogen-bond acceptors (Lipinski definition) is 4. The summed E-state index contributed by atoms with van der Waals surface area (Å²) in [5, 5.41) is 4.24. The summed E-state index contributed by atoms with van der Waals surface area (Å²) >= 11 is 0. The maximum Gasteiger partial charge on any atom is 0.573 e. The third-order valence-electron chi connectivity index (χ3n) is 5.27. The molecule has 1 aromatic heterocycles. The number of aromatic nitrogens is 2. The van der Waals surface area contributed by atoms with E-state index in [1.54, 1.807) is 4.68 Å². The summed E-state index contributed by atoms with van der Waals surface area (Å²) in [6.07, 6.45) is 4.97. The number of rotatable bonds is 8. The Bertz CT molecular complexity index is 884. The molecule has 0 aliphatic carbocycles. The highest BCUT2D eigenvalue weighted by molar-refractivity contribution is 5.66. The predicted octanol–water partition coefficient (Wildman–Crippen LogP) is 10.2. The molecule has 2 rings (SSSR count). The van der Waals surface area contributed by atoms with Gasteiger partial charge in [0, 0.05) is 12.6 Å². The van der Waals surface area contributed by atoms with Crippen molar-refractivity contribution in [3.05, 3.63) is 41.7 Å². The Morgan fingerprint density at radius 3 is 1.79 bits per heavy atom. The lowest BCUT2D eigenvalue weighted by Gasteiger charge is -2.17. The molecule has 1 heterocycles. The number of nitrogens with zero attached hydrogens (tertiary/aromatic N) is 2. The first kappa shape index (κ1) is 38.6. The second-order valence-electron chi connectivity index (χ2n) is 10.6. The molecule has 226 valence electrons. The normalized spacial score (nSPS) is 11.5. The van der Waals surface area contributed by atoms with Gasteiger partial charge < -0.3 is 9.47 Å². The Hall–Kier alpha value is -2.51. The molecule has 0 radical (unpaired) electrons. The van der Waals surface area contributed by atoms with Crippen LogP contribution in [0.5, 0.6) is 5.75 Å². The molecule has 2 aromatic rings. The predicted molar refractivity (Wildman–Crippen MR) is 155 cm³/mol. The third kappa shape index (κ3) is 23.1. The molecule has 5 nitrogen and oxygen atoms in total. The van der Waals surface area contributed by atoms with Crippen LogP contribution in [0.4, 0.5) is 13.2 Å². The average molecular weight is 559 g/mol. The molecule has 0 aliphatic rings. The van der Waals surface area contributed by atoms with E-state index < -0.39 is 6.36 Å². The molecule has 8 heteroatoms. The minimum absolute atomic E-state index is 0.225. The summed E-state index contributed by atoms with van der Waals surface area (Å²) < 4.78 is 46.2. The van der Waals surface area contributed by atoms with E-state index in [1.807, 2.05) is 40.7 Å². The molecule has 0 N–H and O–H groups in total. The molecular formula is C31H53F3N2O3. The number of esters is 1. The number of unbranched alkanes of at least 4 members (excludes halogenated alkanes) is 3. The van der Waals surface area contributed by atoms with Crippen LogP contribution in [0, 0.1) is 19.8 Å². The van der Waals surface area contributed by atoms with Crippen molar-refractivity contribution in [1.82, 2.24) is 9.78 Å². The van der Waals surface area contributed by atoms with E-state index in [2.05, 4.69) is 44.5 Å². The Labute approximate surface area is 235 Å². The van der Waals surface area contributed by atoms with Crippen molar-refractivity contribution >= 4 is 5.97 Å². The van der Waals surface area contributed by atoms with Gasteiger partial charge in [-0.15, -0.1) is 13.2 Å². The maximum absolute atomic E-state index is 12.0. The molecule has 1 unspecified atom stereocenters. The van der Waals surface area contributed by atoms with Crippen molar-refractivity contribution in [1.29, 1.82) is 0 Å². The van der Waals surface area contributed by atoms with Crippen molar-refractivity contribution < 1.29 is 27.4 Å². The van der Waals surface area contributed by atoms with Crippen LogP contribution in [0.25, 0.3) is 5.69 Å². The number of hydrogen-bond donors (Lipinski definition) is 0. The highest BCUT2D eigenvalue weighted by Crippen LogP contribution is 2.24. The lowest BCUT2D eigenvalue weighted by atomic mass is 10.0. The highest BCUT2D eigenvalue weighted by Gasteiger charge is 2.31. The van der Waals surface area contributed by atoms with Crippen molar-refractivity contribution in [3.8, 4) is 11.4 Å². The summed E-state index contributed by atoms with van der Waals surface area (Å²) in [6.45, 7) is 21.9. The van der Waals surface area contributed by atoms with Gasteiger partial charge in [-0.1, -0.05) is 79.6 Å². The number of carbonyl (C=O) groups excluding carboxylic acids is 1. The third-order valence-corrected chi connectivity index (χ3v) is 5.27. The van der Waals surface area contributed by atoms with Gasteiger partial charge in [0.15, 0.2) is 0 Å². The molecule has 0 fully saturated rings. The van der Waals surface area contributed by atoms with E-state index >= 15 is 0 Å². The summed E-state index contributed by atoms with van der Waals surface area (Å²) in [7, 11) is 0. The van der Waals surface area contributed by atoms with Crippen LogP contribution in [0.15, 0.2) is 30.3 Å². The van der Waals surface area contributed by atoms with Crippen molar-refractivity contribution in [2.24, 2.45) is 5.92 Å². The first-order valence-electron chi connectivity index (χ1n) is 14.1. The van der Waals surface area contributed by atoms with E-state index in [4.69, 9.17) is 4.74 Å². The second-order valence-corrected chi connectivity index (χ2v) is 10.6. The van der Waals surface area contributed by atoms with E-state index in [1.165, 1.54) is 76.1 Å². The van der Waals surface area contributed by atoms with E-state index in [-0.39, 0.29) is 17.3 Å². The molecule has 0 amide bonds. The monoisotopic (exact) mass is 558 g/mol. The van der Waals surface area contributed by atoms with Crippen LogP contribution in [0.1, 0.15) is 119 Å². The average Bonchev–Trinajstić information content (AvgIpc) is 3.15. The Morgan fingerprint density at radius 1 is 0.949 bits per heavy atom. The highest BCUT2D eigenvalue weighted by atomic mass is 19.4. The quantitative estimate of drug-likeness (QED) is 0.239. The number of benzene rings is 1. The molecule has 1 atom stereocenters. The Balaban J connectivity index is 0. The molecule has 0 saturated heterocycles. The lowest BCUT2D eigenvalue weighted by Crippen LogP contribution is -2.21. The number of alkyl halides is 3. The van der Waals surface area contributed by atoms with Gasteiger partial charge >= 0.3 is 12.3 Å². The molecule has 0 spiro atoms. The van der Waals surface area contributed by atoms with Gasteiger partial charge in [-0.25, -0.2) is 4.68 Å². The smallest absolute Gasteiger partial charge is 0.460 e. The lowest BCUT2D eigenvalue weighted by molar-refractivity contribution is -0.274. The minimum atomic E-state index is -4.67. The summed E-state index contributed by atoms with van der Waals surface area (Å²) in [5.74, 6) is 0.488. The zero-order chi connectivity index (χ0) is 30.6. The Kier molecular flexibility index (Phi) is 20.2. The zero-order valence-electron chi connectivity index (χ0n) is 26.2. The maximum atomic E-state index is 12.0. The standard InChI is InChI=1S/C12H11F3N2O.C9H20.C6H12O2.C4H10/c1-8-7-9(2)17(16-8)10-3-5-11(6-4-10)18-12(13,14)15;1-4-6-7-8-9(3)5-2;1-5(7)8-6(2,3)4;1-3-4-2/h3-7H,1-2H3;9H,4-8H2,1-3H3;1-4H3;3-4H2,1-2H3. The fraction of sp³-hybridized carbons (Fsp3) is 0.677. The van der Waals surface area contributed by atoms with Crippen LogP contribution < -0.4 is 4.74 Å². The largest absolute Gasteiger partial charge is 0.573 e. The molecular weight excluding hydrogens is 505 g/mol. The molecule has 0 bridgehead atoms. The zero-order valence-corrected chi connectivity index (χ0v) is 26.2. The minimum Gasteiger partial charge on any atom is -0.460 e. The summed E-state index contributed by atoms with van der Waals surface area (Å²) in [4.78, 5) is 10.2. The number of halogens is 3. The van der Waals surface area contributed by atoms with Crippen LogP contribution in [0.2, 0.25) is 0 Å². The number of aryl methyl sites for hydroxylation is 2. The molecule has 0 saturated carbocycles. The number of ether oxygens (including phenoxy) is 2. The molecule has 1 aromatic carbocycles. The second kappa shape index (κ2) is 20.4. The SMILES string of the molecule is CC(=O)OC(C)(C)C.CCCC.CCCCCC(C)CC.Cc1cc(C)n(-c2ccc(OC(F)(F)F)cc2)n1. The van der Waals surface area contributed by atoms with Crippen molar-refractivity contribution in [2.75, 3.05) is 0 Å². The van der Waals surface area contributed by atoms with Gasteiger partial charge in [0.25, 0.3) is 0 Å². The van der Waals surface area contributed by atoms with E-state index in [9.17, 15) is 18.0 Å². The van der Waals surface area contributed by atoms with Crippen LogP contribution in [-0.2, 0) is 9.53 Å². The van der Waals surface area contributed by atoms with Gasteiger partial charge in [0.05, 0.1) is 11.4 Å². The van der Waals surface area contributed by atoms with Crippen molar-refractivity contribution in [2.45, 2.75) is 133 Å². The fourth-order valence-corrected chi connectivity index (χ4v) is 3.06. The first-order chi connectivity index (χ1) is 18.0. The van der Waals surface area contributed by atoms with Gasteiger partial charge in [0.2, 0.25) is 0 Å². The van der Waals surface area contributed by atoms with E-state index in [0.717, 1.165) is 17.3 Å². The molecule has 39 heavy (non-hydrogen) atoms. The van der Waals surface area contributed by atoms with Gasteiger partial charge in [-0.05, 0) is 70.9 Å². The van der Waals surface area contributed by atoms with Crippen LogP contribution >= 0.6 is 0 Å². The number of carbonyl (C=O) groups is 1. The summed E-state index contributed by atoms with van der Waals surface area (Å²) in [5.41, 5.74) is 2.13. The van der Waals surface area contributed by atoms with Gasteiger partial charge in [-0.2, -0.15) is 5.10 Å². The van der Waals surface area contributed by atoms with Crippen LogP contribution in [-0.4, -0.2) is 27.7 Å². The van der Waals surface area contributed by atoms with Gasteiger partial charge in [0.1, 0.15) is 11.4 Å². The Morgan fingerprint density at radius 2 is 1.49 bits per heavy atom.